The highest BCUT2D eigenvalue weighted by molar-refractivity contribution is 6.01. The number of aliphatic hydroxyl groups excluding tert-OH is 3. The molecule has 30 heavy (non-hydrogen) atoms. The first-order valence-electron chi connectivity index (χ1n) is 9.41. The average molecular weight is 422 g/mol. The molecule has 4 unspecified atom stereocenters. The lowest BCUT2D eigenvalue weighted by atomic mass is 10.00. The molecule has 0 spiro atoms. The number of carbonyl (C=O) groups excluding carboxylic acids is 1. The van der Waals surface area contributed by atoms with Gasteiger partial charge in [-0.2, -0.15) is 0 Å². The topological polar surface area (TPSA) is 137 Å². The Kier molecular flexibility index (Phi) is 6.88. The monoisotopic (exact) mass is 422 g/mol. The second-order valence-electron chi connectivity index (χ2n) is 7.09. The minimum absolute atomic E-state index is 0.0214. The Bertz CT molecular complexity index is 885. The summed E-state index contributed by atoms with van der Waals surface area (Å²) in [6.07, 6.45) is -4.65. The molecule has 4 atom stereocenters. The van der Waals surface area contributed by atoms with Crippen LogP contribution in [0.5, 0.6) is 17.2 Å². The number of hydrogen-bond acceptors (Lipinski definition) is 8. The molecule has 1 aliphatic heterocycles. The van der Waals surface area contributed by atoms with Crippen LogP contribution in [0.3, 0.4) is 0 Å². The SMILES string of the molecule is O=C(CCc1ccc(F)cc1)c1c(O)cc(O)cc1OC1CC(O)C(O)C(CO)O1. The van der Waals surface area contributed by atoms with Crippen LogP contribution < -0.4 is 4.74 Å². The summed E-state index contributed by atoms with van der Waals surface area (Å²) in [5.74, 6) is -1.89. The first kappa shape index (κ1) is 22.0. The normalized spacial score (nSPS) is 23.9. The van der Waals surface area contributed by atoms with E-state index in [0.717, 1.165) is 17.7 Å². The van der Waals surface area contributed by atoms with Crippen LogP contribution in [0.15, 0.2) is 36.4 Å². The van der Waals surface area contributed by atoms with E-state index in [9.17, 15) is 34.7 Å². The summed E-state index contributed by atoms with van der Waals surface area (Å²) >= 11 is 0. The smallest absolute Gasteiger partial charge is 0.202 e. The molecule has 1 heterocycles. The van der Waals surface area contributed by atoms with Gasteiger partial charge in [0.1, 0.15) is 40.8 Å². The maximum Gasteiger partial charge on any atom is 0.202 e. The molecule has 2 aromatic rings. The van der Waals surface area contributed by atoms with Crippen molar-refractivity contribution in [1.82, 2.24) is 0 Å². The summed E-state index contributed by atoms with van der Waals surface area (Å²) in [5, 5.41) is 49.0. The van der Waals surface area contributed by atoms with Gasteiger partial charge in [-0.3, -0.25) is 4.79 Å². The van der Waals surface area contributed by atoms with E-state index in [1.54, 1.807) is 12.1 Å². The molecule has 2 aromatic carbocycles. The van der Waals surface area contributed by atoms with Gasteiger partial charge in [0.25, 0.3) is 0 Å². The third-order valence-corrected chi connectivity index (χ3v) is 4.87. The molecule has 3 rings (SSSR count). The van der Waals surface area contributed by atoms with Crippen LogP contribution in [0.1, 0.15) is 28.8 Å². The highest BCUT2D eigenvalue weighted by Gasteiger charge is 2.38. The van der Waals surface area contributed by atoms with Crippen LogP contribution >= 0.6 is 0 Å². The van der Waals surface area contributed by atoms with E-state index < -0.39 is 48.6 Å². The van der Waals surface area contributed by atoms with Gasteiger partial charge in [0.05, 0.1) is 12.7 Å². The second kappa shape index (κ2) is 9.40. The van der Waals surface area contributed by atoms with Gasteiger partial charge in [-0.15, -0.1) is 0 Å². The van der Waals surface area contributed by atoms with Crippen LogP contribution in [0.4, 0.5) is 4.39 Å². The lowest BCUT2D eigenvalue weighted by Crippen LogP contribution is -2.51. The van der Waals surface area contributed by atoms with Crippen molar-refractivity contribution in [3.8, 4) is 17.2 Å². The van der Waals surface area contributed by atoms with Crippen molar-refractivity contribution in [2.45, 2.75) is 43.9 Å². The standard InChI is InChI=1S/C21H23FO8/c22-12-4-1-11(2-5-12)3-6-14(25)20-15(26)7-13(24)8-17(20)29-19-9-16(27)21(28)18(10-23)30-19/h1-2,4-5,7-8,16,18-19,21,23-24,26-28H,3,6,9-10H2. The van der Waals surface area contributed by atoms with E-state index in [-0.39, 0.29) is 36.3 Å². The number of benzene rings is 2. The number of ether oxygens (including phenoxy) is 2. The summed E-state index contributed by atoms with van der Waals surface area (Å²) in [6, 6.07) is 7.78. The van der Waals surface area contributed by atoms with E-state index in [1.165, 1.54) is 12.1 Å². The fraction of sp³-hybridized carbons (Fsp3) is 0.381. The van der Waals surface area contributed by atoms with Gasteiger partial charge in [0, 0.05) is 25.0 Å². The fourth-order valence-electron chi connectivity index (χ4n) is 3.28. The minimum Gasteiger partial charge on any atom is -0.508 e. The summed E-state index contributed by atoms with van der Waals surface area (Å²) < 4.78 is 24.0. The largest absolute Gasteiger partial charge is 0.508 e. The Morgan fingerprint density at radius 1 is 1.17 bits per heavy atom. The second-order valence-corrected chi connectivity index (χ2v) is 7.09. The van der Waals surface area contributed by atoms with Crippen molar-refractivity contribution in [2.24, 2.45) is 0 Å². The zero-order chi connectivity index (χ0) is 21.8. The van der Waals surface area contributed by atoms with E-state index in [2.05, 4.69) is 0 Å². The van der Waals surface area contributed by atoms with Crippen LogP contribution in [0, 0.1) is 5.82 Å². The third-order valence-electron chi connectivity index (χ3n) is 4.87. The Labute approximate surface area is 171 Å². The lowest BCUT2D eigenvalue weighted by molar-refractivity contribution is -0.230. The number of aromatic hydroxyl groups is 2. The Morgan fingerprint density at radius 3 is 2.53 bits per heavy atom. The molecule has 1 fully saturated rings. The fourth-order valence-corrected chi connectivity index (χ4v) is 3.28. The Hall–Kier alpha value is -2.72. The number of phenolic OH excluding ortho intramolecular Hbond substituents is 2. The Balaban J connectivity index is 1.78. The van der Waals surface area contributed by atoms with E-state index in [1.807, 2.05) is 0 Å². The number of phenols is 2. The molecular weight excluding hydrogens is 399 g/mol. The van der Waals surface area contributed by atoms with Gasteiger partial charge in [-0.25, -0.2) is 4.39 Å². The molecular formula is C21H23FO8. The van der Waals surface area contributed by atoms with Gasteiger partial charge in [0.15, 0.2) is 5.78 Å². The lowest BCUT2D eigenvalue weighted by Gasteiger charge is -2.36. The number of hydrogen-bond donors (Lipinski definition) is 5. The molecule has 9 heteroatoms. The molecule has 162 valence electrons. The molecule has 1 saturated heterocycles. The number of carbonyl (C=O) groups is 1. The molecule has 5 N–H and O–H groups in total. The van der Waals surface area contributed by atoms with E-state index in [0.29, 0.717) is 0 Å². The predicted molar refractivity (Wildman–Crippen MR) is 102 cm³/mol. The first-order chi connectivity index (χ1) is 14.3. The molecule has 0 amide bonds. The minimum atomic E-state index is -1.30. The van der Waals surface area contributed by atoms with Crippen molar-refractivity contribution in [2.75, 3.05) is 6.61 Å². The molecule has 0 bridgehead atoms. The number of rotatable bonds is 7. The van der Waals surface area contributed by atoms with Crippen molar-refractivity contribution in [3.63, 3.8) is 0 Å². The van der Waals surface area contributed by atoms with Crippen molar-refractivity contribution < 1.29 is 44.2 Å². The number of halogens is 1. The molecule has 0 aliphatic carbocycles. The van der Waals surface area contributed by atoms with Gasteiger partial charge in [-0.05, 0) is 24.1 Å². The van der Waals surface area contributed by atoms with Crippen molar-refractivity contribution in [1.29, 1.82) is 0 Å². The van der Waals surface area contributed by atoms with Gasteiger partial charge in [0.2, 0.25) is 6.29 Å². The maximum absolute atomic E-state index is 13.0. The van der Waals surface area contributed by atoms with Crippen molar-refractivity contribution in [3.05, 3.63) is 53.3 Å². The molecule has 1 aliphatic rings. The zero-order valence-electron chi connectivity index (χ0n) is 15.9. The van der Waals surface area contributed by atoms with Gasteiger partial charge >= 0.3 is 0 Å². The highest BCUT2D eigenvalue weighted by Crippen LogP contribution is 2.36. The average Bonchev–Trinajstić information content (AvgIpc) is 2.69. The van der Waals surface area contributed by atoms with Crippen LogP contribution in [0.2, 0.25) is 0 Å². The highest BCUT2D eigenvalue weighted by atomic mass is 19.1. The Morgan fingerprint density at radius 2 is 1.87 bits per heavy atom. The van der Waals surface area contributed by atoms with Gasteiger partial charge < -0.3 is 35.0 Å². The molecule has 0 radical (unpaired) electrons. The van der Waals surface area contributed by atoms with Crippen molar-refractivity contribution >= 4 is 5.78 Å². The number of ketones is 1. The van der Waals surface area contributed by atoms with Crippen LogP contribution in [-0.4, -0.2) is 62.5 Å². The summed E-state index contributed by atoms with van der Waals surface area (Å²) in [6.45, 7) is -0.563. The summed E-state index contributed by atoms with van der Waals surface area (Å²) in [5.41, 5.74) is 0.545. The maximum atomic E-state index is 13.0. The number of Topliss-reactive ketones (excluding diaryl/α,β-unsaturated/α-hetero) is 1. The van der Waals surface area contributed by atoms with Crippen LogP contribution in [0.25, 0.3) is 0 Å². The zero-order valence-corrected chi connectivity index (χ0v) is 15.9. The first-order valence-corrected chi connectivity index (χ1v) is 9.41. The van der Waals surface area contributed by atoms with Crippen LogP contribution in [-0.2, 0) is 11.2 Å². The molecule has 0 aromatic heterocycles. The number of aryl methyl sites for hydroxylation is 1. The molecule has 8 nitrogen and oxygen atoms in total. The predicted octanol–water partition coefficient (Wildman–Crippen LogP) is 1.26. The third kappa shape index (κ3) is 5.06. The quantitative estimate of drug-likeness (QED) is 0.421. The van der Waals surface area contributed by atoms with Gasteiger partial charge in [-0.1, -0.05) is 12.1 Å². The molecule has 0 saturated carbocycles. The summed E-state index contributed by atoms with van der Waals surface area (Å²) in [4.78, 5) is 12.8. The summed E-state index contributed by atoms with van der Waals surface area (Å²) in [7, 11) is 0. The number of aliphatic hydroxyl groups is 3. The van der Waals surface area contributed by atoms with E-state index >= 15 is 0 Å². The van der Waals surface area contributed by atoms with E-state index in [4.69, 9.17) is 9.47 Å².